The van der Waals surface area contributed by atoms with Crippen LogP contribution in [0.1, 0.15) is 141 Å². The lowest BCUT2D eigenvalue weighted by molar-refractivity contribution is 0.150. The first kappa shape index (κ1) is 27.8. The van der Waals surface area contributed by atoms with Gasteiger partial charge in [0.1, 0.15) is 6.17 Å². The zero-order chi connectivity index (χ0) is 23.4. The van der Waals surface area contributed by atoms with Gasteiger partial charge >= 0.3 is 0 Å². The van der Waals surface area contributed by atoms with E-state index >= 15 is 0 Å². The fourth-order valence-electron chi connectivity index (χ4n) is 5.14. The molecule has 1 aliphatic rings. The number of unbranched alkanes of at least 4 members (excludes halogenated alkanes) is 16. The Bertz CT molecular complexity index is 582. The first-order chi connectivity index (χ1) is 16.4. The van der Waals surface area contributed by atoms with Gasteiger partial charge in [-0.1, -0.05) is 147 Å². The van der Waals surface area contributed by atoms with Gasteiger partial charge in [0.2, 0.25) is 0 Å². The first-order valence-corrected chi connectivity index (χ1v) is 14.6. The molecule has 188 valence electrons. The Hall–Kier alpha value is -1.44. The molecule has 0 aromatic heterocycles. The topological polar surface area (TPSA) is 6.48 Å². The molecule has 0 N–H and O–H groups in total. The molecule has 2 rings (SSSR count). The average Bonchev–Trinajstić information content (AvgIpc) is 3.25. The lowest BCUT2D eigenvalue weighted by Gasteiger charge is -2.33. The van der Waals surface area contributed by atoms with Crippen LogP contribution >= 0.6 is 0 Å². The summed E-state index contributed by atoms with van der Waals surface area (Å²) < 4.78 is 0. The quantitative estimate of drug-likeness (QED) is 0.170. The van der Waals surface area contributed by atoms with E-state index in [2.05, 4.69) is 66.4 Å². The predicted molar refractivity (Wildman–Crippen MR) is 146 cm³/mol. The van der Waals surface area contributed by atoms with E-state index in [-0.39, 0.29) is 0 Å². The van der Waals surface area contributed by atoms with Crippen molar-refractivity contribution in [3.8, 4) is 0 Å². The lowest BCUT2D eigenvalue weighted by atomic mass is 10.0. The molecule has 0 aliphatic carbocycles. The molecular weight excluding hydrogens is 400 g/mol. The van der Waals surface area contributed by atoms with Crippen LogP contribution < -0.4 is 0 Å². The minimum absolute atomic E-state index is 0.398. The van der Waals surface area contributed by atoms with E-state index in [4.69, 9.17) is 0 Å². The summed E-state index contributed by atoms with van der Waals surface area (Å²) >= 11 is 0. The van der Waals surface area contributed by atoms with Crippen LogP contribution in [0.2, 0.25) is 0 Å². The molecule has 1 aromatic rings. The lowest BCUT2D eigenvalue weighted by Crippen LogP contribution is -2.32. The van der Waals surface area contributed by atoms with Gasteiger partial charge in [-0.2, -0.15) is 0 Å². The number of benzene rings is 1. The highest BCUT2D eigenvalue weighted by Crippen LogP contribution is 2.31. The highest BCUT2D eigenvalue weighted by molar-refractivity contribution is 5.21. The van der Waals surface area contributed by atoms with Gasteiger partial charge in [0, 0.05) is 25.5 Å². The minimum atomic E-state index is 0.398. The third-order valence-corrected chi connectivity index (χ3v) is 7.22. The molecular formula is C31H54N2. The van der Waals surface area contributed by atoms with Crippen LogP contribution in [0.25, 0.3) is 0 Å². The van der Waals surface area contributed by atoms with E-state index in [0.717, 1.165) is 0 Å². The second-order valence-corrected chi connectivity index (χ2v) is 10.2. The molecule has 0 fully saturated rings. The van der Waals surface area contributed by atoms with Crippen LogP contribution in [0, 0.1) is 0 Å². The number of nitrogens with zero attached hydrogens (tertiary/aromatic N) is 2. The highest BCUT2D eigenvalue weighted by Gasteiger charge is 2.26. The Morgan fingerprint density at radius 3 is 1.27 bits per heavy atom. The van der Waals surface area contributed by atoms with E-state index in [0.29, 0.717) is 6.17 Å². The van der Waals surface area contributed by atoms with Crippen molar-refractivity contribution >= 4 is 0 Å². The van der Waals surface area contributed by atoms with Crippen molar-refractivity contribution in [1.29, 1.82) is 0 Å². The largest absolute Gasteiger partial charge is 0.352 e. The maximum Gasteiger partial charge on any atom is 0.127 e. The molecule has 0 spiro atoms. The number of hydrogen-bond acceptors (Lipinski definition) is 2. The van der Waals surface area contributed by atoms with Crippen LogP contribution in [0.4, 0.5) is 0 Å². The molecule has 1 aliphatic heterocycles. The zero-order valence-electron chi connectivity index (χ0n) is 22.2. The molecule has 1 heterocycles. The van der Waals surface area contributed by atoms with E-state index < -0.39 is 0 Å². The molecule has 0 saturated carbocycles. The Morgan fingerprint density at radius 1 is 0.485 bits per heavy atom. The Kier molecular flexibility index (Phi) is 15.9. The van der Waals surface area contributed by atoms with Crippen molar-refractivity contribution in [3.05, 3.63) is 48.3 Å². The summed E-state index contributed by atoms with van der Waals surface area (Å²) in [4.78, 5) is 5.14. The average molecular weight is 455 g/mol. The fourth-order valence-corrected chi connectivity index (χ4v) is 5.14. The van der Waals surface area contributed by atoms with Gasteiger partial charge in [-0.05, 0) is 18.4 Å². The first-order valence-electron chi connectivity index (χ1n) is 14.6. The van der Waals surface area contributed by atoms with Gasteiger partial charge in [0.05, 0.1) is 0 Å². The van der Waals surface area contributed by atoms with Gasteiger partial charge in [-0.15, -0.1) is 0 Å². The maximum absolute atomic E-state index is 2.58. The van der Waals surface area contributed by atoms with E-state index in [9.17, 15) is 0 Å². The third kappa shape index (κ3) is 12.0. The van der Waals surface area contributed by atoms with Crippen LogP contribution in [0.15, 0.2) is 42.7 Å². The second kappa shape index (κ2) is 18.9. The molecule has 0 saturated heterocycles. The standard InChI is InChI=1S/C31H54N2/c1-3-5-7-9-10-11-12-13-14-15-16-17-18-23-27-33-29-28-32(26-22-8-6-4-2)31(33)30-24-20-19-21-25-30/h19-21,24-25,28-29,31H,3-18,22-23,26-27H2,1-2H3. The van der Waals surface area contributed by atoms with Crippen molar-refractivity contribution in [1.82, 2.24) is 9.80 Å². The summed E-state index contributed by atoms with van der Waals surface area (Å²) in [7, 11) is 0. The molecule has 1 aromatic carbocycles. The Morgan fingerprint density at radius 2 is 0.848 bits per heavy atom. The van der Waals surface area contributed by atoms with Crippen molar-refractivity contribution in [2.45, 2.75) is 136 Å². The van der Waals surface area contributed by atoms with Crippen molar-refractivity contribution < 1.29 is 0 Å². The van der Waals surface area contributed by atoms with Gasteiger partial charge < -0.3 is 9.80 Å². The molecule has 0 bridgehead atoms. The molecule has 33 heavy (non-hydrogen) atoms. The van der Waals surface area contributed by atoms with Crippen LogP contribution in [-0.2, 0) is 0 Å². The normalized spacial score (nSPS) is 15.6. The summed E-state index contributed by atoms with van der Waals surface area (Å²) in [5, 5.41) is 0. The number of rotatable bonds is 21. The van der Waals surface area contributed by atoms with Crippen molar-refractivity contribution in [2.75, 3.05) is 13.1 Å². The smallest absolute Gasteiger partial charge is 0.127 e. The molecule has 1 atom stereocenters. The summed E-state index contributed by atoms with van der Waals surface area (Å²) in [6.45, 7) is 6.94. The summed E-state index contributed by atoms with van der Waals surface area (Å²) in [5.41, 5.74) is 1.43. The third-order valence-electron chi connectivity index (χ3n) is 7.22. The Balaban J connectivity index is 1.55. The van der Waals surface area contributed by atoms with Crippen LogP contribution in [-0.4, -0.2) is 22.9 Å². The SMILES string of the molecule is CCCCCCCCCCCCCCCCN1C=CN(CCCCCC)C1c1ccccc1. The van der Waals surface area contributed by atoms with Crippen molar-refractivity contribution in [3.63, 3.8) is 0 Å². The fraction of sp³-hybridized carbons (Fsp3) is 0.742. The molecule has 1 unspecified atom stereocenters. The van der Waals surface area contributed by atoms with Gasteiger partial charge in [0.15, 0.2) is 0 Å². The number of hydrogen-bond donors (Lipinski definition) is 0. The molecule has 0 radical (unpaired) electrons. The predicted octanol–water partition coefficient (Wildman–Crippen LogP) is 9.84. The van der Waals surface area contributed by atoms with Crippen molar-refractivity contribution in [2.24, 2.45) is 0 Å². The Labute approximate surface area is 206 Å². The maximum atomic E-state index is 2.58. The molecule has 0 amide bonds. The molecule has 2 heteroatoms. The van der Waals surface area contributed by atoms with Gasteiger partial charge in [-0.3, -0.25) is 0 Å². The van der Waals surface area contributed by atoms with Gasteiger partial charge in [-0.25, -0.2) is 0 Å². The monoisotopic (exact) mass is 454 g/mol. The summed E-state index contributed by atoms with van der Waals surface area (Å²) in [6.07, 6.45) is 30.4. The highest BCUT2D eigenvalue weighted by atomic mass is 15.4. The van der Waals surface area contributed by atoms with E-state index in [1.807, 2.05) is 0 Å². The van der Waals surface area contributed by atoms with E-state index in [1.165, 1.54) is 134 Å². The van der Waals surface area contributed by atoms with Gasteiger partial charge in [0.25, 0.3) is 0 Å². The summed E-state index contributed by atoms with van der Waals surface area (Å²) in [6, 6.07) is 11.1. The summed E-state index contributed by atoms with van der Waals surface area (Å²) in [5.74, 6) is 0. The van der Waals surface area contributed by atoms with E-state index in [1.54, 1.807) is 0 Å². The molecule has 2 nitrogen and oxygen atoms in total. The van der Waals surface area contributed by atoms with Crippen LogP contribution in [0.5, 0.6) is 0 Å². The second-order valence-electron chi connectivity index (χ2n) is 10.2. The zero-order valence-corrected chi connectivity index (χ0v) is 22.2. The minimum Gasteiger partial charge on any atom is -0.352 e. The van der Waals surface area contributed by atoms with Crippen LogP contribution in [0.3, 0.4) is 0 Å².